The largest absolute Gasteiger partial charge is 0.483 e. The highest BCUT2D eigenvalue weighted by Crippen LogP contribution is 2.32. The highest BCUT2D eigenvalue weighted by molar-refractivity contribution is 9.10. The van der Waals surface area contributed by atoms with Crippen LogP contribution in [0.15, 0.2) is 71.2 Å². The van der Waals surface area contributed by atoms with Crippen molar-refractivity contribution in [1.82, 2.24) is 10.2 Å². The van der Waals surface area contributed by atoms with Crippen molar-refractivity contribution in [3.63, 3.8) is 0 Å². The summed E-state index contributed by atoms with van der Waals surface area (Å²) in [5.41, 5.74) is 2.80. The Bertz CT molecular complexity index is 1250. The van der Waals surface area contributed by atoms with E-state index in [-0.39, 0.29) is 30.4 Å². The van der Waals surface area contributed by atoms with Crippen molar-refractivity contribution in [2.45, 2.75) is 45.2 Å². The van der Waals surface area contributed by atoms with Gasteiger partial charge in [0.05, 0.1) is 14.5 Å². The zero-order chi connectivity index (χ0) is 27.2. The van der Waals surface area contributed by atoms with E-state index in [0.717, 1.165) is 21.2 Å². The maximum atomic E-state index is 13.6. The number of hydrogen-bond donors (Lipinski definition) is 1. The van der Waals surface area contributed by atoms with Crippen LogP contribution in [0.2, 0.25) is 10.0 Å². The van der Waals surface area contributed by atoms with Crippen LogP contribution in [0.25, 0.3) is 0 Å². The quantitative estimate of drug-likeness (QED) is 0.291. The zero-order valence-electron chi connectivity index (χ0n) is 21.4. The topological polar surface area (TPSA) is 58.6 Å². The highest BCUT2D eigenvalue weighted by Gasteiger charge is 2.30. The number of amides is 2. The minimum absolute atomic E-state index is 0.0221. The minimum Gasteiger partial charge on any atom is -0.483 e. The lowest BCUT2D eigenvalue weighted by Crippen LogP contribution is -2.51. The van der Waals surface area contributed by atoms with Gasteiger partial charge in [-0.1, -0.05) is 86.4 Å². The van der Waals surface area contributed by atoms with E-state index >= 15 is 0 Å². The highest BCUT2D eigenvalue weighted by atomic mass is 79.9. The van der Waals surface area contributed by atoms with Crippen molar-refractivity contribution < 1.29 is 14.3 Å². The van der Waals surface area contributed by atoms with E-state index < -0.39 is 6.04 Å². The summed E-state index contributed by atoms with van der Waals surface area (Å²) in [6.45, 7) is 6.31. The molecule has 3 rings (SSSR count). The first-order valence-electron chi connectivity index (χ1n) is 11.9. The van der Waals surface area contributed by atoms with Crippen molar-refractivity contribution in [2.24, 2.45) is 0 Å². The summed E-state index contributed by atoms with van der Waals surface area (Å²) in [5, 5.41) is 3.50. The van der Waals surface area contributed by atoms with Gasteiger partial charge < -0.3 is 15.0 Å². The molecule has 0 bridgehead atoms. The van der Waals surface area contributed by atoms with Gasteiger partial charge in [-0.25, -0.2) is 0 Å². The third kappa shape index (κ3) is 7.97. The first-order valence-corrected chi connectivity index (χ1v) is 13.5. The Morgan fingerprint density at radius 1 is 0.973 bits per heavy atom. The number of benzene rings is 3. The Morgan fingerprint density at radius 3 is 2.27 bits per heavy atom. The molecule has 1 atom stereocenters. The standard InChI is InChI=1S/C29H31BrCl2N2O3/c1-29(2,3)21-11-13-26(22(30)16-21)37-18-27(35)34(17-20-10-12-23(31)24(32)14-20)25(28(36)33-4)15-19-8-6-5-7-9-19/h5-14,16,25H,15,17-18H2,1-4H3,(H,33,36)/t25-/m0/s1. The van der Waals surface area contributed by atoms with E-state index in [2.05, 4.69) is 42.0 Å². The van der Waals surface area contributed by atoms with Gasteiger partial charge in [-0.05, 0) is 62.3 Å². The summed E-state index contributed by atoms with van der Waals surface area (Å²) < 4.78 is 6.68. The number of rotatable bonds is 9. The van der Waals surface area contributed by atoms with Crippen LogP contribution in [-0.2, 0) is 28.0 Å². The van der Waals surface area contributed by atoms with Gasteiger partial charge >= 0.3 is 0 Å². The number of ether oxygens (including phenoxy) is 1. The van der Waals surface area contributed by atoms with Crippen LogP contribution in [0.3, 0.4) is 0 Å². The number of nitrogens with one attached hydrogen (secondary N) is 1. The number of likely N-dealkylation sites (N-methyl/N-ethyl adjacent to an activating group) is 1. The SMILES string of the molecule is CNC(=O)[C@H](Cc1ccccc1)N(Cc1ccc(Cl)c(Cl)c1)C(=O)COc1ccc(C(C)(C)C)cc1Br. The molecule has 0 aromatic heterocycles. The fourth-order valence-corrected chi connectivity index (χ4v) is 4.68. The third-order valence-electron chi connectivity index (χ3n) is 6.00. The van der Waals surface area contributed by atoms with Crippen LogP contribution in [0.5, 0.6) is 5.75 Å². The van der Waals surface area contributed by atoms with Crippen LogP contribution in [0.1, 0.15) is 37.5 Å². The summed E-state index contributed by atoms with van der Waals surface area (Å²) in [7, 11) is 1.56. The van der Waals surface area contributed by atoms with Crippen molar-refractivity contribution in [2.75, 3.05) is 13.7 Å². The molecular weight excluding hydrogens is 575 g/mol. The van der Waals surface area contributed by atoms with Crippen molar-refractivity contribution in [1.29, 1.82) is 0 Å². The van der Waals surface area contributed by atoms with Gasteiger partial charge in [-0.3, -0.25) is 9.59 Å². The molecule has 3 aromatic carbocycles. The van der Waals surface area contributed by atoms with Crippen LogP contribution >= 0.6 is 39.1 Å². The fourth-order valence-electron chi connectivity index (χ4n) is 3.86. The second-order valence-corrected chi connectivity index (χ2v) is 11.4. The number of carbonyl (C=O) groups is 2. The van der Waals surface area contributed by atoms with Gasteiger partial charge in [0.25, 0.3) is 5.91 Å². The number of carbonyl (C=O) groups excluding carboxylic acids is 2. The molecule has 1 N–H and O–H groups in total. The normalized spacial score (nSPS) is 12.1. The smallest absolute Gasteiger partial charge is 0.261 e. The van der Waals surface area contributed by atoms with Gasteiger partial charge in [0, 0.05) is 20.0 Å². The molecule has 3 aromatic rings. The van der Waals surface area contributed by atoms with Crippen molar-refractivity contribution >= 4 is 50.9 Å². The maximum Gasteiger partial charge on any atom is 0.261 e. The molecule has 0 aliphatic rings. The summed E-state index contributed by atoms with van der Waals surface area (Å²) >= 11 is 15.9. The molecule has 0 aliphatic carbocycles. The monoisotopic (exact) mass is 604 g/mol. The first kappa shape index (κ1) is 29.0. The Balaban J connectivity index is 1.89. The molecular formula is C29H31BrCl2N2O3. The summed E-state index contributed by atoms with van der Waals surface area (Å²) in [4.78, 5) is 28.2. The number of hydrogen-bond acceptors (Lipinski definition) is 3. The summed E-state index contributed by atoms with van der Waals surface area (Å²) in [5.74, 6) is -0.0502. The van der Waals surface area contributed by atoms with Crippen LogP contribution in [-0.4, -0.2) is 36.4 Å². The van der Waals surface area contributed by atoms with Gasteiger partial charge in [-0.2, -0.15) is 0 Å². The van der Waals surface area contributed by atoms with Crippen molar-refractivity contribution in [3.8, 4) is 5.75 Å². The molecule has 0 fully saturated rings. The Kier molecular flexibility index (Phi) is 10.0. The summed E-state index contributed by atoms with van der Waals surface area (Å²) in [6.07, 6.45) is 0.345. The maximum absolute atomic E-state index is 13.6. The Labute approximate surface area is 237 Å². The molecule has 5 nitrogen and oxygen atoms in total. The molecule has 2 amide bonds. The molecule has 37 heavy (non-hydrogen) atoms. The number of nitrogens with zero attached hydrogens (tertiary/aromatic N) is 1. The van der Waals surface area contributed by atoms with Gasteiger partial charge in [0.15, 0.2) is 6.61 Å². The molecule has 0 aliphatic heterocycles. The van der Waals surface area contributed by atoms with E-state index in [4.69, 9.17) is 27.9 Å². The summed E-state index contributed by atoms with van der Waals surface area (Å²) in [6, 6.07) is 19.8. The van der Waals surface area contributed by atoms with Gasteiger partial charge in [0.2, 0.25) is 5.91 Å². The van der Waals surface area contributed by atoms with Crippen molar-refractivity contribution in [3.05, 3.63) is 97.9 Å². The molecule has 0 unspecified atom stereocenters. The van der Waals surface area contributed by atoms with Gasteiger partial charge in [0.1, 0.15) is 11.8 Å². The van der Waals surface area contributed by atoms with E-state index in [1.54, 1.807) is 25.2 Å². The van der Waals surface area contributed by atoms with E-state index in [9.17, 15) is 9.59 Å². The molecule has 0 radical (unpaired) electrons. The fraction of sp³-hybridized carbons (Fsp3) is 0.310. The molecule has 8 heteroatoms. The minimum atomic E-state index is -0.760. The van der Waals surface area contributed by atoms with E-state index in [0.29, 0.717) is 22.2 Å². The molecule has 0 saturated heterocycles. The Morgan fingerprint density at radius 2 is 1.68 bits per heavy atom. The van der Waals surface area contributed by atoms with Crippen LogP contribution in [0, 0.1) is 0 Å². The Hall–Kier alpha value is -2.54. The third-order valence-corrected chi connectivity index (χ3v) is 7.36. The average Bonchev–Trinajstić information content (AvgIpc) is 2.86. The lowest BCUT2D eigenvalue weighted by Gasteiger charge is -2.31. The average molecular weight is 606 g/mol. The molecule has 0 spiro atoms. The lowest BCUT2D eigenvalue weighted by molar-refractivity contribution is -0.142. The molecule has 196 valence electrons. The lowest BCUT2D eigenvalue weighted by atomic mass is 9.87. The first-order chi connectivity index (χ1) is 17.5. The van der Waals surface area contributed by atoms with Crippen LogP contribution < -0.4 is 10.1 Å². The predicted molar refractivity (Wildman–Crippen MR) is 153 cm³/mol. The second kappa shape index (κ2) is 12.8. The second-order valence-electron chi connectivity index (χ2n) is 9.77. The van der Waals surface area contributed by atoms with Crippen LogP contribution in [0.4, 0.5) is 0 Å². The van der Waals surface area contributed by atoms with Gasteiger partial charge in [-0.15, -0.1) is 0 Å². The predicted octanol–water partition coefficient (Wildman–Crippen LogP) is 6.82. The molecule has 0 saturated carbocycles. The van der Waals surface area contributed by atoms with E-state index in [1.807, 2.05) is 48.5 Å². The zero-order valence-corrected chi connectivity index (χ0v) is 24.5. The van der Waals surface area contributed by atoms with E-state index in [1.165, 1.54) is 4.90 Å². The number of halogens is 3. The molecule has 0 heterocycles.